The van der Waals surface area contributed by atoms with Gasteiger partial charge in [-0.05, 0) is 24.6 Å². The lowest BCUT2D eigenvalue weighted by Gasteiger charge is -2.26. The molecule has 1 heterocycles. The maximum absolute atomic E-state index is 13.0. The highest BCUT2D eigenvalue weighted by atomic mass is 32.2. The molecular formula is C18H18N2O3S. The van der Waals surface area contributed by atoms with Gasteiger partial charge in [0.05, 0.1) is 10.9 Å². The van der Waals surface area contributed by atoms with Crippen molar-refractivity contribution in [2.24, 2.45) is 5.73 Å². The largest absolute Gasteiger partial charge is 0.366 e. The van der Waals surface area contributed by atoms with Crippen LogP contribution in [0.15, 0.2) is 71.1 Å². The summed E-state index contributed by atoms with van der Waals surface area (Å²) in [5, 5.41) is 0. The van der Waals surface area contributed by atoms with E-state index >= 15 is 0 Å². The first-order valence-corrected chi connectivity index (χ1v) is 8.98. The fourth-order valence-electron chi connectivity index (χ4n) is 2.86. The molecule has 6 heteroatoms. The lowest BCUT2D eigenvalue weighted by Crippen LogP contribution is -2.34. The predicted molar refractivity (Wildman–Crippen MR) is 91.5 cm³/mol. The number of nitrogens with zero attached hydrogens (tertiary/aromatic N) is 1. The second-order valence-corrected chi connectivity index (χ2v) is 7.62. The number of amides is 1. The molecule has 24 heavy (non-hydrogen) atoms. The molecule has 2 aromatic carbocycles. The summed E-state index contributed by atoms with van der Waals surface area (Å²) in [6.45, 7) is 2.01. The van der Waals surface area contributed by atoms with Gasteiger partial charge in [-0.1, -0.05) is 54.1 Å². The number of hydrogen-bond donors (Lipinski definition) is 1. The molecule has 2 N–H and O–H groups in total. The van der Waals surface area contributed by atoms with Gasteiger partial charge in [-0.15, -0.1) is 0 Å². The number of nitrogens with two attached hydrogens (primary N) is 1. The average molecular weight is 342 g/mol. The van der Waals surface area contributed by atoms with E-state index in [1.165, 1.54) is 4.31 Å². The zero-order valence-corrected chi connectivity index (χ0v) is 14.0. The van der Waals surface area contributed by atoms with Crippen LogP contribution in [0.1, 0.15) is 17.2 Å². The maximum Gasteiger partial charge on any atom is 0.246 e. The summed E-state index contributed by atoms with van der Waals surface area (Å²) in [6.07, 6.45) is 1.59. The van der Waals surface area contributed by atoms with Crippen molar-refractivity contribution in [3.8, 4) is 0 Å². The smallest absolute Gasteiger partial charge is 0.246 e. The first-order valence-electron chi connectivity index (χ1n) is 7.54. The van der Waals surface area contributed by atoms with E-state index in [0.717, 1.165) is 11.1 Å². The molecule has 1 atom stereocenters. The third-order valence-corrected chi connectivity index (χ3v) is 5.95. The third-order valence-electron chi connectivity index (χ3n) is 4.10. The molecule has 1 unspecified atom stereocenters. The summed E-state index contributed by atoms with van der Waals surface area (Å²) in [7, 11) is -3.75. The van der Waals surface area contributed by atoms with Gasteiger partial charge < -0.3 is 5.73 Å². The fourth-order valence-corrected chi connectivity index (χ4v) is 4.39. The molecule has 0 aliphatic carbocycles. The molecular weight excluding hydrogens is 324 g/mol. The Morgan fingerprint density at radius 2 is 1.71 bits per heavy atom. The molecule has 2 aromatic rings. The van der Waals surface area contributed by atoms with E-state index in [0.29, 0.717) is 5.57 Å². The van der Waals surface area contributed by atoms with Gasteiger partial charge in [0, 0.05) is 12.1 Å². The van der Waals surface area contributed by atoms with E-state index in [9.17, 15) is 13.2 Å². The maximum atomic E-state index is 13.0. The Bertz CT molecular complexity index is 888. The van der Waals surface area contributed by atoms with E-state index in [-0.39, 0.29) is 11.4 Å². The molecule has 0 saturated heterocycles. The van der Waals surface area contributed by atoms with Gasteiger partial charge in [-0.3, -0.25) is 4.79 Å². The van der Waals surface area contributed by atoms with E-state index in [1.54, 1.807) is 42.5 Å². The average Bonchev–Trinajstić information content (AvgIpc) is 3.02. The minimum absolute atomic E-state index is 0.119. The molecule has 0 radical (unpaired) electrons. The SMILES string of the molecule is Cc1ccc(S(=O)(=O)N2CC=C(C(N)=O)C2c2ccccc2)cc1. The van der Waals surface area contributed by atoms with E-state index in [2.05, 4.69) is 0 Å². The van der Waals surface area contributed by atoms with Gasteiger partial charge in [0.2, 0.25) is 15.9 Å². The van der Waals surface area contributed by atoms with Crippen molar-refractivity contribution in [2.75, 3.05) is 6.54 Å². The molecule has 0 spiro atoms. The van der Waals surface area contributed by atoms with E-state index in [4.69, 9.17) is 5.73 Å². The monoisotopic (exact) mass is 342 g/mol. The van der Waals surface area contributed by atoms with Crippen molar-refractivity contribution in [2.45, 2.75) is 17.9 Å². The van der Waals surface area contributed by atoms with Crippen molar-refractivity contribution >= 4 is 15.9 Å². The Morgan fingerprint density at radius 3 is 2.29 bits per heavy atom. The lowest BCUT2D eigenvalue weighted by atomic mass is 10.0. The number of primary amides is 1. The summed E-state index contributed by atoms with van der Waals surface area (Å²) >= 11 is 0. The van der Waals surface area contributed by atoms with Crippen LogP contribution in [0.5, 0.6) is 0 Å². The molecule has 3 rings (SSSR count). The molecule has 124 valence electrons. The van der Waals surface area contributed by atoms with Gasteiger partial charge in [-0.2, -0.15) is 4.31 Å². The van der Waals surface area contributed by atoms with Crippen molar-refractivity contribution in [1.29, 1.82) is 0 Å². The summed E-state index contributed by atoms with van der Waals surface area (Å²) in [5.41, 5.74) is 7.46. The molecule has 0 bridgehead atoms. The van der Waals surface area contributed by atoms with Crippen molar-refractivity contribution < 1.29 is 13.2 Å². The second kappa shape index (κ2) is 6.22. The number of aryl methyl sites for hydroxylation is 1. The fraction of sp³-hybridized carbons (Fsp3) is 0.167. The molecule has 0 saturated carbocycles. The minimum Gasteiger partial charge on any atom is -0.366 e. The Morgan fingerprint density at radius 1 is 1.08 bits per heavy atom. The molecule has 1 aliphatic heterocycles. The third kappa shape index (κ3) is 2.86. The Labute approximate surface area is 141 Å². The van der Waals surface area contributed by atoms with Crippen LogP contribution in [0.4, 0.5) is 0 Å². The van der Waals surface area contributed by atoms with Crippen LogP contribution in [-0.4, -0.2) is 25.2 Å². The number of benzene rings is 2. The van der Waals surface area contributed by atoms with E-state index in [1.807, 2.05) is 25.1 Å². The van der Waals surface area contributed by atoms with Crippen LogP contribution in [0, 0.1) is 6.92 Å². The van der Waals surface area contributed by atoms with Crippen LogP contribution in [-0.2, 0) is 14.8 Å². The van der Waals surface area contributed by atoms with Gasteiger partial charge in [0.15, 0.2) is 0 Å². The summed E-state index contributed by atoms with van der Waals surface area (Å²) in [6, 6.07) is 15.0. The van der Waals surface area contributed by atoms with Gasteiger partial charge in [0.25, 0.3) is 0 Å². The van der Waals surface area contributed by atoms with Crippen LogP contribution in [0.2, 0.25) is 0 Å². The summed E-state index contributed by atoms with van der Waals surface area (Å²) < 4.78 is 27.4. The number of sulfonamides is 1. The second-order valence-electron chi connectivity index (χ2n) is 5.72. The van der Waals surface area contributed by atoms with Gasteiger partial charge >= 0.3 is 0 Å². The quantitative estimate of drug-likeness (QED) is 0.924. The number of carbonyl (C=O) groups excluding carboxylic acids is 1. The number of carbonyl (C=O) groups is 1. The van der Waals surface area contributed by atoms with Crippen LogP contribution >= 0.6 is 0 Å². The van der Waals surface area contributed by atoms with Gasteiger partial charge in [0.1, 0.15) is 0 Å². The lowest BCUT2D eigenvalue weighted by molar-refractivity contribution is -0.114. The summed E-state index contributed by atoms with van der Waals surface area (Å²) in [5.74, 6) is -0.606. The molecule has 0 fully saturated rings. The first-order chi connectivity index (χ1) is 11.4. The zero-order chi connectivity index (χ0) is 17.3. The van der Waals surface area contributed by atoms with Crippen LogP contribution < -0.4 is 5.73 Å². The topological polar surface area (TPSA) is 80.5 Å². The highest BCUT2D eigenvalue weighted by Crippen LogP contribution is 2.37. The van der Waals surface area contributed by atoms with E-state index < -0.39 is 22.0 Å². The van der Waals surface area contributed by atoms with Crippen molar-refractivity contribution in [3.63, 3.8) is 0 Å². The first kappa shape index (κ1) is 16.4. The molecule has 1 aliphatic rings. The Kier molecular flexibility index (Phi) is 4.26. The number of hydrogen-bond acceptors (Lipinski definition) is 3. The zero-order valence-electron chi connectivity index (χ0n) is 13.2. The standard InChI is InChI=1S/C18H18N2O3S/c1-13-7-9-15(10-8-13)24(22,23)20-12-11-16(18(19)21)17(20)14-5-3-2-4-6-14/h2-11,17H,12H2,1H3,(H2,19,21). The van der Waals surface area contributed by atoms with Crippen molar-refractivity contribution in [1.82, 2.24) is 4.31 Å². The molecule has 1 amide bonds. The minimum atomic E-state index is -3.75. The highest BCUT2D eigenvalue weighted by Gasteiger charge is 2.39. The van der Waals surface area contributed by atoms with Crippen LogP contribution in [0.3, 0.4) is 0 Å². The Hall–Kier alpha value is -2.44. The normalized spacial score (nSPS) is 18.4. The molecule has 5 nitrogen and oxygen atoms in total. The molecule has 0 aromatic heterocycles. The van der Waals surface area contributed by atoms with Crippen LogP contribution in [0.25, 0.3) is 0 Å². The number of rotatable bonds is 4. The highest BCUT2D eigenvalue weighted by molar-refractivity contribution is 7.89. The summed E-state index contributed by atoms with van der Waals surface area (Å²) in [4.78, 5) is 12.0. The predicted octanol–water partition coefficient (Wildman–Crippen LogP) is 2.15. The van der Waals surface area contributed by atoms with Crippen molar-refractivity contribution in [3.05, 3.63) is 77.4 Å². The Balaban J connectivity index is 2.06. The van der Waals surface area contributed by atoms with Gasteiger partial charge in [-0.25, -0.2) is 8.42 Å².